The fourth-order valence-electron chi connectivity index (χ4n) is 2.38. The number of nitrogens with one attached hydrogen (secondary N) is 1. The van der Waals surface area contributed by atoms with Crippen LogP contribution in [0, 0.1) is 5.82 Å². The smallest absolute Gasteiger partial charge is 0.152 e. The van der Waals surface area contributed by atoms with Gasteiger partial charge in [0, 0.05) is 15.4 Å². The van der Waals surface area contributed by atoms with E-state index in [0.717, 1.165) is 9.86 Å². The molecule has 1 heterocycles. The van der Waals surface area contributed by atoms with Crippen LogP contribution in [-0.4, -0.2) is 7.05 Å². The average Bonchev–Trinajstić information content (AvgIpc) is 2.89. The summed E-state index contributed by atoms with van der Waals surface area (Å²) < 4.78 is 20.7. The van der Waals surface area contributed by atoms with Gasteiger partial charge in [-0.15, -0.1) is 0 Å². The summed E-state index contributed by atoms with van der Waals surface area (Å²) in [6.45, 7) is 0. The largest absolute Gasteiger partial charge is 0.457 e. The molecular weight excluding hydrogens is 357 g/mol. The summed E-state index contributed by atoms with van der Waals surface area (Å²) in [5.41, 5.74) is 1.13. The lowest BCUT2D eigenvalue weighted by Crippen LogP contribution is -2.18. The molecule has 0 saturated carbocycles. The summed E-state index contributed by atoms with van der Waals surface area (Å²) >= 11 is 9.49. The van der Waals surface area contributed by atoms with Gasteiger partial charge in [0.15, 0.2) is 5.58 Å². The lowest BCUT2D eigenvalue weighted by Gasteiger charge is -2.15. The third-order valence-corrected chi connectivity index (χ3v) is 4.15. The van der Waals surface area contributed by atoms with Crippen LogP contribution in [0.4, 0.5) is 4.39 Å². The molecule has 0 aliphatic rings. The Hall–Kier alpha value is -1.36. The molecule has 1 atom stereocenters. The summed E-state index contributed by atoms with van der Waals surface area (Å²) in [4.78, 5) is 0. The minimum absolute atomic E-state index is 0.288. The second kappa shape index (κ2) is 5.79. The molecule has 0 fully saturated rings. The van der Waals surface area contributed by atoms with E-state index in [1.54, 1.807) is 25.2 Å². The van der Waals surface area contributed by atoms with Crippen LogP contribution in [0.5, 0.6) is 0 Å². The summed E-state index contributed by atoms with van der Waals surface area (Å²) in [6, 6.07) is 11.9. The van der Waals surface area contributed by atoms with Gasteiger partial charge in [0.05, 0.1) is 11.1 Å². The molecule has 0 saturated heterocycles. The van der Waals surface area contributed by atoms with Crippen molar-refractivity contribution in [3.63, 3.8) is 0 Å². The van der Waals surface area contributed by atoms with Gasteiger partial charge < -0.3 is 9.73 Å². The Balaban J connectivity index is 2.13. The van der Waals surface area contributed by atoms with Crippen molar-refractivity contribution in [2.45, 2.75) is 6.04 Å². The predicted molar refractivity (Wildman–Crippen MR) is 86.2 cm³/mol. The standard InChI is InChI=1S/C16H12BrClFNO/c1-20-15(11-8-10(17)5-6-13(11)19)14-7-9-3-2-4-12(18)16(9)21-14/h2-8,15,20H,1H3. The van der Waals surface area contributed by atoms with E-state index in [1.807, 2.05) is 18.2 Å². The Kier molecular flexibility index (Phi) is 4.02. The number of hydrogen-bond acceptors (Lipinski definition) is 2. The average molecular weight is 369 g/mol. The molecule has 3 rings (SSSR count). The van der Waals surface area contributed by atoms with Crippen LogP contribution >= 0.6 is 27.5 Å². The molecule has 0 bridgehead atoms. The summed E-state index contributed by atoms with van der Waals surface area (Å²) in [6.07, 6.45) is 0. The van der Waals surface area contributed by atoms with Gasteiger partial charge in [0.2, 0.25) is 0 Å². The number of para-hydroxylation sites is 1. The number of furan rings is 1. The summed E-state index contributed by atoms with van der Waals surface area (Å²) in [5.74, 6) is 0.335. The van der Waals surface area contributed by atoms with Crippen LogP contribution in [0.1, 0.15) is 17.4 Å². The number of halogens is 3. The minimum atomic E-state index is -0.383. The molecule has 5 heteroatoms. The molecular formula is C16H12BrClFNO. The molecule has 0 aliphatic carbocycles. The molecule has 2 aromatic carbocycles. The topological polar surface area (TPSA) is 25.2 Å². The van der Waals surface area contributed by atoms with Crippen LogP contribution in [0.15, 0.2) is 51.4 Å². The number of fused-ring (bicyclic) bond motifs is 1. The SMILES string of the molecule is CNC(c1cc2cccc(Cl)c2o1)c1cc(Br)ccc1F. The number of benzene rings is 2. The quantitative estimate of drug-likeness (QED) is 0.679. The van der Waals surface area contributed by atoms with E-state index in [-0.39, 0.29) is 11.9 Å². The first-order valence-corrected chi connectivity index (χ1v) is 7.57. The summed E-state index contributed by atoms with van der Waals surface area (Å²) in [7, 11) is 1.76. The lowest BCUT2D eigenvalue weighted by molar-refractivity contribution is 0.476. The number of hydrogen-bond donors (Lipinski definition) is 1. The van der Waals surface area contributed by atoms with E-state index in [2.05, 4.69) is 21.2 Å². The van der Waals surface area contributed by atoms with Crippen LogP contribution in [0.25, 0.3) is 11.0 Å². The van der Waals surface area contributed by atoms with Crippen molar-refractivity contribution in [2.24, 2.45) is 0 Å². The van der Waals surface area contributed by atoms with Gasteiger partial charge in [0.1, 0.15) is 11.6 Å². The first-order valence-electron chi connectivity index (χ1n) is 6.40. The molecule has 3 aromatic rings. The van der Waals surface area contributed by atoms with Gasteiger partial charge in [-0.25, -0.2) is 4.39 Å². The van der Waals surface area contributed by atoms with E-state index in [0.29, 0.717) is 21.9 Å². The Bertz CT molecular complexity index is 802. The van der Waals surface area contributed by atoms with E-state index < -0.39 is 0 Å². The highest BCUT2D eigenvalue weighted by Crippen LogP contribution is 2.33. The van der Waals surface area contributed by atoms with Crippen LogP contribution < -0.4 is 5.32 Å². The second-order valence-electron chi connectivity index (χ2n) is 4.69. The molecule has 21 heavy (non-hydrogen) atoms. The highest BCUT2D eigenvalue weighted by atomic mass is 79.9. The van der Waals surface area contributed by atoms with Gasteiger partial charge in [-0.05, 0) is 37.4 Å². The molecule has 0 radical (unpaired) electrons. The molecule has 1 N–H and O–H groups in total. The van der Waals surface area contributed by atoms with Crippen molar-refractivity contribution in [3.05, 3.63) is 69.1 Å². The van der Waals surface area contributed by atoms with E-state index in [4.69, 9.17) is 16.0 Å². The second-order valence-corrected chi connectivity index (χ2v) is 6.02. The molecule has 0 aliphatic heterocycles. The lowest BCUT2D eigenvalue weighted by atomic mass is 10.0. The normalized spacial score (nSPS) is 12.8. The fraction of sp³-hybridized carbons (Fsp3) is 0.125. The van der Waals surface area contributed by atoms with Crippen LogP contribution in [-0.2, 0) is 0 Å². The molecule has 108 valence electrons. The van der Waals surface area contributed by atoms with Crippen LogP contribution in [0.3, 0.4) is 0 Å². The van der Waals surface area contributed by atoms with Crippen molar-refractivity contribution >= 4 is 38.5 Å². The molecule has 0 spiro atoms. The third kappa shape index (κ3) is 2.71. The Morgan fingerprint density at radius 3 is 2.76 bits per heavy atom. The molecule has 1 aromatic heterocycles. The molecule has 1 unspecified atom stereocenters. The van der Waals surface area contributed by atoms with Gasteiger partial charge in [-0.3, -0.25) is 0 Å². The molecule has 0 amide bonds. The van der Waals surface area contributed by atoms with E-state index >= 15 is 0 Å². The Morgan fingerprint density at radius 1 is 1.24 bits per heavy atom. The first kappa shape index (κ1) is 14.6. The maximum absolute atomic E-state index is 14.1. The number of rotatable bonds is 3. The third-order valence-electron chi connectivity index (χ3n) is 3.36. The highest BCUT2D eigenvalue weighted by Gasteiger charge is 2.21. The minimum Gasteiger partial charge on any atom is -0.457 e. The van der Waals surface area contributed by atoms with Crippen molar-refractivity contribution < 1.29 is 8.81 Å². The highest BCUT2D eigenvalue weighted by molar-refractivity contribution is 9.10. The summed E-state index contributed by atoms with van der Waals surface area (Å²) in [5, 5.41) is 4.53. The predicted octanol–water partition coefficient (Wildman–Crippen LogP) is 5.30. The van der Waals surface area contributed by atoms with Gasteiger partial charge >= 0.3 is 0 Å². The van der Waals surface area contributed by atoms with Gasteiger partial charge in [0.25, 0.3) is 0 Å². The van der Waals surface area contributed by atoms with Gasteiger partial charge in [-0.2, -0.15) is 0 Å². The monoisotopic (exact) mass is 367 g/mol. The maximum atomic E-state index is 14.1. The first-order chi connectivity index (χ1) is 10.1. The van der Waals surface area contributed by atoms with Crippen molar-refractivity contribution in [1.29, 1.82) is 0 Å². The Morgan fingerprint density at radius 2 is 2.05 bits per heavy atom. The zero-order chi connectivity index (χ0) is 15.0. The molecule has 2 nitrogen and oxygen atoms in total. The van der Waals surface area contributed by atoms with Crippen LogP contribution in [0.2, 0.25) is 5.02 Å². The van der Waals surface area contributed by atoms with Crippen molar-refractivity contribution in [1.82, 2.24) is 5.32 Å². The van der Waals surface area contributed by atoms with E-state index in [1.165, 1.54) is 6.07 Å². The zero-order valence-corrected chi connectivity index (χ0v) is 13.5. The van der Waals surface area contributed by atoms with Gasteiger partial charge in [-0.1, -0.05) is 39.7 Å². The maximum Gasteiger partial charge on any atom is 0.152 e. The van der Waals surface area contributed by atoms with Crippen molar-refractivity contribution in [2.75, 3.05) is 7.05 Å². The Labute approximate surface area is 135 Å². The zero-order valence-electron chi connectivity index (χ0n) is 11.2. The van der Waals surface area contributed by atoms with E-state index in [9.17, 15) is 4.39 Å². The fourth-order valence-corrected chi connectivity index (χ4v) is 2.98. The van der Waals surface area contributed by atoms with Crippen molar-refractivity contribution in [3.8, 4) is 0 Å².